The molecule has 4 nitrogen and oxygen atoms in total. The highest BCUT2D eigenvalue weighted by atomic mass is 16.8. The molecule has 0 aromatic heterocycles. The second kappa shape index (κ2) is 8.78. The van der Waals surface area contributed by atoms with Crippen LogP contribution in [0.3, 0.4) is 0 Å². The summed E-state index contributed by atoms with van der Waals surface area (Å²) in [6.45, 7) is 6.57. The molecule has 0 bridgehead atoms. The van der Waals surface area contributed by atoms with Crippen LogP contribution in [0.5, 0.6) is 0 Å². The zero-order chi connectivity index (χ0) is 16.7. The molecule has 0 spiro atoms. The van der Waals surface area contributed by atoms with E-state index in [0.29, 0.717) is 6.61 Å². The minimum atomic E-state index is -0.698. The van der Waals surface area contributed by atoms with Gasteiger partial charge in [0.05, 0.1) is 6.61 Å². The van der Waals surface area contributed by atoms with Gasteiger partial charge in [0, 0.05) is 6.61 Å². The molecule has 0 unspecified atom stereocenters. The van der Waals surface area contributed by atoms with Crippen molar-refractivity contribution in [3.63, 3.8) is 0 Å². The summed E-state index contributed by atoms with van der Waals surface area (Å²) in [6, 6.07) is 10.1. The Balaban J connectivity index is 2.07. The molecule has 0 saturated carbocycles. The van der Waals surface area contributed by atoms with E-state index >= 15 is 0 Å². The first kappa shape index (κ1) is 18.4. The van der Waals surface area contributed by atoms with Crippen molar-refractivity contribution in [2.45, 2.75) is 70.6 Å². The molecule has 0 amide bonds. The predicted molar refractivity (Wildman–Crippen MR) is 90.2 cm³/mol. The highest BCUT2D eigenvalue weighted by Crippen LogP contribution is 2.37. The second-order valence-electron chi connectivity index (χ2n) is 6.58. The normalized spacial score (nSPS) is 24.7. The summed E-state index contributed by atoms with van der Waals surface area (Å²) in [5, 5.41) is 9.65. The van der Waals surface area contributed by atoms with Gasteiger partial charge in [-0.15, -0.1) is 0 Å². The number of unbranched alkanes of at least 4 members (excludes halogenated alkanes) is 3. The molecule has 1 fully saturated rings. The standard InChI is InChI=1S/C19H30O4/c1-4-5-6-10-13-21-17(15-11-8-7-9-12-15)18-16(14-20)22-19(2,3)23-18/h7-9,11-12,16-18,20H,4-6,10,13-14H2,1-3H3/t16-,17-,18+/m1/s1. The molecule has 1 saturated heterocycles. The third-order valence-electron chi connectivity index (χ3n) is 4.12. The van der Waals surface area contributed by atoms with Crippen molar-refractivity contribution in [1.82, 2.24) is 0 Å². The number of aliphatic hydroxyl groups is 1. The van der Waals surface area contributed by atoms with Crippen LogP contribution in [0.2, 0.25) is 0 Å². The molecule has 1 aromatic rings. The quantitative estimate of drug-likeness (QED) is 0.702. The summed E-state index contributed by atoms with van der Waals surface area (Å²) in [6.07, 6.45) is 3.76. The zero-order valence-corrected chi connectivity index (χ0v) is 14.5. The van der Waals surface area contributed by atoms with Crippen LogP contribution in [0.4, 0.5) is 0 Å². The van der Waals surface area contributed by atoms with E-state index in [9.17, 15) is 5.11 Å². The van der Waals surface area contributed by atoms with E-state index < -0.39 is 5.79 Å². The number of aliphatic hydroxyl groups excluding tert-OH is 1. The lowest BCUT2D eigenvalue weighted by molar-refractivity contribution is -0.161. The van der Waals surface area contributed by atoms with Gasteiger partial charge in [0.25, 0.3) is 0 Å². The maximum absolute atomic E-state index is 9.65. The van der Waals surface area contributed by atoms with Crippen LogP contribution in [0.1, 0.15) is 58.1 Å². The van der Waals surface area contributed by atoms with Crippen molar-refractivity contribution in [2.24, 2.45) is 0 Å². The van der Waals surface area contributed by atoms with E-state index in [1.54, 1.807) is 0 Å². The summed E-state index contributed by atoms with van der Waals surface area (Å²) in [4.78, 5) is 0. The van der Waals surface area contributed by atoms with Crippen molar-refractivity contribution in [3.05, 3.63) is 35.9 Å². The summed E-state index contributed by atoms with van der Waals surface area (Å²) < 4.78 is 18.0. The lowest BCUT2D eigenvalue weighted by Crippen LogP contribution is -2.34. The van der Waals surface area contributed by atoms with Gasteiger partial charge in [-0.25, -0.2) is 0 Å². The van der Waals surface area contributed by atoms with Crippen molar-refractivity contribution >= 4 is 0 Å². The first-order chi connectivity index (χ1) is 11.1. The van der Waals surface area contributed by atoms with Crippen LogP contribution in [0.15, 0.2) is 30.3 Å². The topological polar surface area (TPSA) is 47.9 Å². The number of hydrogen-bond acceptors (Lipinski definition) is 4. The lowest BCUT2D eigenvalue weighted by Gasteiger charge is -2.27. The summed E-state index contributed by atoms with van der Waals surface area (Å²) in [5.74, 6) is -0.698. The van der Waals surface area contributed by atoms with Crippen LogP contribution >= 0.6 is 0 Å². The molecule has 1 aliphatic heterocycles. The molecule has 0 aliphatic carbocycles. The van der Waals surface area contributed by atoms with Crippen LogP contribution in [0.25, 0.3) is 0 Å². The number of rotatable bonds is 9. The van der Waals surface area contributed by atoms with E-state index in [1.807, 2.05) is 44.2 Å². The first-order valence-corrected chi connectivity index (χ1v) is 8.70. The molecule has 23 heavy (non-hydrogen) atoms. The zero-order valence-electron chi connectivity index (χ0n) is 14.5. The van der Waals surface area contributed by atoms with E-state index in [4.69, 9.17) is 14.2 Å². The van der Waals surface area contributed by atoms with Gasteiger partial charge in [0.2, 0.25) is 0 Å². The maximum Gasteiger partial charge on any atom is 0.164 e. The van der Waals surface area contributed by atoms with Gasteiger partial charge in [-0.05, 0) is 25.8 Å². The Kier molecular flexibility index (Phi) is 7.03. The Hall–Kier alpha value is -0.940. The molecular weight excluding hydrogens is 292 g/mol. The van der Waals surface area contributed by atoms with Gasteiger partial charge >= 0.3 is 0 Å². The Labute approximate surface area is 139 Å². The molecule has 3 atom stereocenters. The Bertz CT molecular complexity index is 446. The molecule has 1 heterocycles. The second-order valence-corrected chi connectivity index (χ2v) is 6.58. The maximum atomic E-state index is 9.65. The third-order valence-corrected chi connectivity index (χ3v) is 4.12. The van der Waals surface area contributed by atoms with Gasteiger partial charge in [0.1, 0.15) is 18.3 Å². The minimum absolute atomic E-state index is 0.0728. The smallest absolute Gasteiger partial charge is 0.164 e. The molecule has 0 radical (unpaired) electrons. The van der Waals surface area contributed by atoms with Gasteiger partial charge in [-0.1, -0.05) is 56.5 Å². The van der Waals surface area contributed by atoms with Crippen molar-refractivity contribution in [1.29, 1.82) is 0 Å². The highest BCUT2D eigenvalue weighted by molar-refractivity contribution is 5.19. The van der Waals surface area contributed by atoms with Gasteiger partial charge in [-0.3, -0.25) is 0 Å². The van der Waals surface area contributed by atoms with Crippen LogP contribution in [-0.2, 0) is 14.2 Å². The molecule has 2 rings (SSSR count). The van der Waals surface area contributed by atoms with Gasteiger partial charge < -0.3 is 19.3 Å². The monoisotopic (exact) mass is 322 g/mol. The van der Waals surface area contributed by atoms with Crippen LogP contribution in [0, 0.1) is 0 Å². The number of hydrogen-bond donors (Lipinski definition) is 1. The molecular formula is C19H30O4. The van der Waals surface area contributed by atoms with E-state index in [1.165, 1.54) is 19.3 Å². The van der Waals surface area contributed by atoms with Gasteiger partial charge in [0.15, 0.2) is 5.79 Å². The largest absolute Gasteiger partial charge is 0.394 e. The fraction of sp³-hybridized carbons (Fsp3) is 0.684. The fourth-order valence-corrected chi connectivity index (χ4v) is 3.02. The number of ether oxygens (including phenoxy) is 3. The molecule has 4 heteroatoms. The first-order valence-electron chi connectivity index (χ1n) is 8.70. The Morgan fingerprint density at radius 3 is 2.52 bits per heavy atom. The minimum Gasteiger partial charge on any atom is -0.394 e. The average Bonchev–Trinajstić information content (AvgIpc) is 2.86. The Morgan fingerprint density at radius 1 is 1.13 bits per heavy atom. The number of benzene rings is 1. The molecule has 1 aromatic carbocycles. The summed E-state index contributed by atoms with van der Waals surface area (Å²) in [5.41, 5.74) is 1.06. The summed E-state index contributed by atoms with van der Waals surface area (Å²) in [7, 11) is 0. The van der Waals surface area contributed by atoms with Gasteiger partial charge in [-0.2, -0.15) is 0 Å². The van der Waals surface area contributed by atoms with Crippen molar-refractivity contribution in [3.8, 4) is 0 Å². The summed E-state index contributed by atoms with van der Waals surface area (Å²) >= 11 is 0. The highest BCUT2D eigenvalue weighted by Gasteiger charge is 2.45. The average molecular weight is 322 g/mol. The predicted octanol–water partition coefficient (Wildman–Crippen LogP) is 3.84. The van der Waals surface area contributed by atoms with Crippen LogP contribution < -0.4 is 0 Å². The van der Waals surface area contributed by atoms with Crippen molar-refractivity contribution < 1.29 is 19.3 Å². The SMILES string of the molecule is CCCCCCO[C@H](c1ccccc1)[C@H]1OC(C)(C)O[C@@H]1CO. The molecule has 1 aliphatic rings. The van der Waals surface area contributed by atoms with E-state index in [0.717, 1.165) is 12.0 Å². The van der Waals surface area contributed by atoms with E-state index in [-0.39, 0.29) is 24.9 Å². The fourth-order valence-electron chi connectivity index (χ4n) is 3.02. The Morgan fingerprint density at radius 2 is 1.87 bits per heavy atom. The molecule has 1 N–H and O–H groups in total. The van der Waals surface area contributed by atoms with Crippen LogP contribution in [-0.4, -0.2) is 36.3 Å². The van der Waals surface area contributed by atoms with E-state index in [2.05, 4.69) is 6.92 Å². The molecule has 130 valence electrons. The lowest BCUT2D eigenvalue weighted by atomic mass is 10.0. The van der Waals surface area contributed by atoms with Crippen molar-refractivity contribution in [2.75, 3.05) is 13.2 Å². The third kappa shape index (κ3) is 5.28.